The zero-order chi connectivity index (χ0) is 9.30. The maximum Gasteiger partial charge on any atom is 0.338 e. The molecule has 68 valence electrons. The van der Waals surface area contributed by atoms with E-state index < -0.39 is 30.4 Å². The summed E-state index contributed by atoms with van der Waals surface area (Å²) >= 11 is 0. The molecule has 0 bridgehead atoms. The summed E-state index contributed by atoms with van der Waals surface area (Å²) in [5.74, 6) is -1.03. The fourth-order valence-corrected chi connectivity index (χ4v) is 0.942. The number of aliphatic hydroxyl groups excluding tert-OH is 3. The minimum Gasteiger partial charge on any atom is -0.454 e. The van der Waals surface area contributed by atoms with E-state index >= 15 is 0 Å². The van der Waals surface area contributed by atoms with Gasteiger partial charge in [-0.15, -0.1) is 0 Å². The van der Waals surface area contributed by atoms with Crippen molar-refractivity contribution in [2.24, 2.45) is 0 Å². The van der Waals surface area contributed by atoms with Crippen molar-refractivity contribution in [3.05, 3.63) is 0 Å². The molecule has 0 amide bonds. The minimum absolute atomic E-state index is 0.124. The molecule has 0 saturated carbocycles. The molecule has 1 fully saturated rings. The number of aliphatic hydroxyl groups is 3. The van der Waals surface area contributed by atoms with E-state index in [4.69, 9.17) is 15.3 Å². The van der Waals surface area contributed by atoms with Gasteiger partial charge in [-0.05, 0) is 0 Å². The second-order valence-electron chi connectivity index (χ2n) is 2.46. The van der Waals surface area contributed by atoms with Crippen LogP contribution in [-0.2, 0) is 14.3 Å². The smallest absolute Gasteiger partial charge is 0.338 e. The van der Waals surface area contributed by atoms with E-state index in [-0.39, 0.29) is 6.29 Å². The molecule has 3 N–H and O–H groups in total. The van der Waals surface area contributed by atoms with Crippen LogP contribution in [-0.4, -0.2) is 52.0 Å². The molecule has 12 heavy (non-hydrogen) atoms. The molecular formula is C6H8O6. The Morgan fingerprint density at radius 2 is 2.08 bits per heavy atom. The van der Waals surface area contributed by atoms with Crippen LogP contribution in [0.25, 0.3) is 0 Å². The first-order chi connectivity index (χ1) is 5.57. The summed E-state index contributed by atoms with van der Waals surface area (Å²) in [6.07, 6.45) is -6.05. The van der Waals surface area contributed by atoms with Gasteiger partial charge in [0.05, 0.1) is 0 Å². The number of cyclic esters (lactones) is 1. The van der Waals surface area contributed by atoms with Crippen LogP contribution >= 0.6 is 0 Å². The highest BCUT2D eigenvalue weighted by Crippen LogP contribution is 2.17. The van der Waals surface area contributed by atoms with Gasteiger partial charge in [-0.1, -0.05) is 0 Å². The number of rotatable bonds is 2. The first-order valence-corrected chi connectivity index (χ1v) is 3.28. The number of aldehydes is 1. The van der Waals surface area contributed by atoms with Gasteiger partial charge in [0.15, 0.2) is 18.5 Å². The highest BCUT2D eigenvalue weighted by Gasteiger charge is 2.46. The van der Waals surface area contributed by atoms with Gasteiger partial charge in [-0.2, -0.15) is 0 Å². The summed E-state index contributed by atoms with van der Waals surface area (Å²) in [4.78, 5) is 20.6. The van der Waals surface area contributed by atoms with Gasteiger partial charge in [0.2, 0.25) is 0 Å². The monoisotopic (exact) mass is 176 g/mol. The lowest BCUT2D eigenvalue weighted by Gasteiger charge is -2.14. The van der Waals surface area contributed by atoms with E-state index in [2.05, 4.69) is 4.74 Å². The molecular weight excluding hydrogens is 168 g/mol. The molecule has 1 saturated heterocycles. The van der Waals surface area contributed by atoms with E-state index in [1.807, 2.05) is 0 Å². The summed E-state index contributed by atoms with van der Waals surface area (Å²) in [6, 6.07) is 0. The SMILES string of the molecule is O=C[C@H](O)[C@@H]1OC(=O)[C@@H](O)[C@@H]1O. The van der Waals surface area contributed by atoms with E-state index in [0.717, 1.165) is 0 Å². The van der Waals surface area contributed by atoms with Gasteiger partial charge in [0.1, 0.15) is 12.2 Å². The molecule has 4 atom stereocenters. The summed E-state index contributed by atoms with van der Waals surface area (Å²) in [6.45, 7) is 0. The van der Waals surface area contributed by atoms with Crippen molar-refractivity contribution in [3.8, 4) is 0 Å². The van der Waals surface area contributed by atoms with Gasteiger partial charge in [-0.3, -0.25) is 0 Å². The number of hydrogen-bond acceptors (Lipinski definition) is 6. The van der Waals surface area contributed by atoms with Crippen molar-refractivity contribution in [3.63, 3.8) is 0 Å². The molecule has 0 unspecified atom stereocenters. The van der Waals surface area contributed by atoms with Crippen LogP contribution in [0.1, 0.15) is 0 Å². The third-order valence-corrected chi connectivity index (χ3v) is 1.63. The molecule has 0 aromatic rings. The average molecular weight is 176 g/mol. The molecule has 0 spiro atoms. The maximum absolute atomic E-state index is 10.6. The summed E-state index contributed by atoms with van der Waals surface area (Å²) in [7, 11) is 0. The molecule has 6 heteroatoms. The van der Waals surface area contributed by atoms with E-state index in [1.165, 1.54) is 0 Å². The van der Waals surface area contributed by atoms with E-state index in [1.54, 1.807) is 0 Å². The first kappa shape index (κ1) is 9.11. The van der Waals surface area contributed by atoms with Crippen molar-refractivity contribution in [1.82, 2.24) is 0 Å². The Labute approximate surface area is 67.4 Å². The lowest BCUT2D eigenvalue weighted by Crippen LogP contribution is -2.39. The Kier molecular flexibility index (Phi) is 2.41. The van der Waals surface area contributed by atoms with Crippen molar-refractivity contribution in [1.29, 1.82) is 0 Å². The van der Waals surface area contributed by atoms with Gasteiger partial charge in [0, 0.05) is 0 Å². The van der Waals surface area contributed by atoms with Gasteiger partial charge >= 0.3 is 5.97 Å². The lowest BCUT2D eigenvalue weighted by atomic mass is 10.1. The minimum atomic E-state index is -1.68. The van der Waals surface area contributed by atoms with Crippen LogP contribution in [0.3, 0.4) is 0 Å². The van der Waals surface area contributed by atoms with Crippen LogP contribution in [0.15, 0.2) is 0 Å². The quantitative estimate of drug-likeness (QED) is 0.310. The van der Waals surface area contributed by atoms with Crippen molar-refractivity contribution >= 4 is 12.3 Å². The number of esters is 1. The molecule has 6 nitrogen and oxygen atoms in total. The lowest BCUT2D eigenvalue weighted by molar-refractivity contribution is -0.151. The third-order valence-electron chi connectivity index (χ3n) is 1.63. The van der Waals surface area contributed by atoms with Crippen LogP contribution in [0.4, 0.5) is 0 Å². The van der Waals surface area contributed by atoms with E-state index in [9.17, 15) is 9.59 Å². The number of carbonyl (C=O) groups is 2. The van der Waals surface area contributed by atoms with Crippen molar-refractivity contribution in [2.75, 3.05) is 0 Å². The normalized spacial score (nSPS) is 37.6. The first-order valence-electron chi connectivity index (χ1n) is 3.28. The summed E-state index contributed by atoms with van der Waals surface area (Å²) < 4.78 is 4.32. The van der Waals surface area contributed by atoms with Gasteiger partial charge < -0.3 is 24.9 Å². The van der Waals surface area contributed by atoms with Crippen LogP contribution in [0.5, 0.6) is 0 Å². The molecule has 0 aliphatic carbocycles. The standard InChI is InChI=1S/C6H8O6/c7-1-2(8)5-3(9)4(10)6(11)12-5/h1-5,8-10H/t2-,3-,4-,5-/m0/s1. The molecule has 1 rings (SSSR count). The predicted molar refractivity (Wildman–Crippen MR) is 34.0 cm³/mol. The summed E-state index contributed by atoms with van der Waals surface area (Å²) in [5.41, 5.74) is 0. The van der Waals surface area contributed by atoms with Crippen molar-refractivity contribution in [2.45, 2.75) is 24.4 Å². The molecule has 1 heterocycles. The Bertz CT molecular complexity index is 202. The zero-order valence-corrected chi connectivity index (χ0v) is 5.95. The second kappa shape index (κ2) is 3.18. The molecule has 0 radical (unpaired) electrons. The topological polar surface area (TPSA) is 104 Å². The van der Waals surface area contributed by atoms with Crippen LogP contribution < -0.4 is 0 Å². The third kappa shape index (κ3) is 1.31. The second-order valence-corrected chi connectivity index (χ2v) is 2.46. The van der Waals surface area contributed by atoms with Crippen LogP contribution in [0, 0.1) is 0 Å². The number of hydrogen-bond donors (Lipinski definition) is 3. The average Bonchev–Trinajstić information content (AvgIpc) is 2.32. The Morgan fingerprint density at radius 3 is 2.42 bits per heavy atom. The molecule has 0 aromatic carbocycles. The molecule has 1 aliphatic heterocycles. The zero-order valence-electron chi connectivity index (χ0n) is 5.95. The Morgan fingerprint density at radius 1 is 1.50 bits per heavy atom. The Balaban J connectivity index is 2.70. The van der Waals surface area contributed by atoms with Crippen LogP contribution in [0.2, 0.25) is 0 Å². The van der Waals surface area contributed by atoms with Crippen molar-refractivity contribution < 1.29 is 29.6 Å². The maximum atomic E-state index is 10.6. The molecule has 1 aliphatic rings. The van der Waals surface area contributed by atoms with Gasteiger partial charge in [-0.25, -0.2) is 4.79 Å². The fourth-order valence-electron chi connectivity index (χ4n) is 0.942. The fraction of sp³-hybridized carbons (Fsp3) is 0.667. The number of carbonyl (C=O) groups excluding carboxylic acids is 2. The van der Waals surface area contributed by atoms with Gasteiger partial charge in [0.25, 0.3) is 0 Å². The van der Waals surface area contributed by atoms with E-state index in [0.29, 0.717) is 0 Å². The Hall–Kier alpha value is -0.980. The predicted octanol–water partition coefficient (Wildman–Crippen LogP) is -2.81. The highest BCUT2D eigenvalue weighted by molar-refractivity contribution is 5.78. The molecule has 0 aromatic heterocycles. The summed E-state index contributed by atoms with van der Waals surface area (Å²) in [5, 5.41) is 26.7. The number of ether oxygens (including phenoxy) is 1. The highest BCUT2D eigenvalue weighted by atomic mass is 16.6. The largest absolute Gasteiger partial charge is 0.454 e.